The van der Waals surface area contributed by atoms with E-state index in [1.165, 1.54) is 11.1 Å². The van der Waals surface area contributed by atoms with Gasteiger partial charge >= 0.3 is 0 Å². The van der Waals surface area contributed by atoms with Crippen LogP contribution in [0.3, 0.4) is 0 Å². The van der Waals surface area contributed by atoms with Crippen LogP contribution in [0.1, 0.15) is 17.5 Å². The Kier molecular flexibility index (Phi) is 3.08. The third-order valence-corrected chi connectivity index (χ3v) is 4.70. The summed E-state index contributed by atoms with van der Waals surface area (Å²) in [6.07, 6.45) is 2.93. The van der Waals surface area contributed by atoms with Gasteiger partial charge < -0.3 is 16.0 Å². The van der Waals surface area contributed by atoms with Crippen LogP contribution in [0.15, 0.2) is 23.2 Å². The van der Waals surface area contributed by atoms with E-state index in [1.807, 2.05) is 6.21 Å². The molecule has 3 heterocycles. The van der Waals surface area contributed by atoms with Gasteiger partial charge in [0.1, 0.15) is 0 Å². The van der Waals surface area contributed by atoms with Gasteiger partial charge in [-0.3, -0.25) is 4.99 Å². The van der Waals surface area contributed by atoms with E-state index in [0.29, 0.717) is 0 Å². The molecule has 21 heavy (non-hydrogen) atoms. The van der Waals surface area contributed by atoms with Crippen LogP contribution in [0.5, 0.6) is 0 Å². The lowest BCUT2D eigenvalue weighted by molar-refractivity contribution is 0.751. The summed E-state index contributed by atoms with van der Waals surface area (Å²) in [5.74, 6) is 0. The van der Waals surface area contributed by atoms with Gasteiger partial charge in [-0.15, -0.1) is 10.2 Å². The van der Waals surface area contributed by atoms with Crippen molar-refractivity contribution in [3.05, 3.63) is 29.3 Å². The Morgan fingerprint density at radius 1 is 1.33 bits per heavy atom. The first-order valence-electron chi connectivity index (χ1n) is 7.02. The Bertz CT molecular complexity index is 695. The molecule has 0 radical (unpaired) electrons. The molecule has 4 rings (SSSR count). The molecule has 0 saturated carbocycles. The molecular formula is C14H16N6S. The fourth-order valence-electron chi connectivity index (χ4n) is 2.66. The number of nitrogens with one attached hydrogen (secondary N) is 1. The molecule has 0 amide bonds. The van der Waals surface area contributed by atoms with E-state index in [2.05, 4.69) is 43.6 Å². The minimum absolute atomic E-state index is 0.251. The Morgan fingerprint density at radius 2 is 2.29 bits per heavy atom. The molecule has 1 atom stereocenters. The molecule has 1 saturated heterocycles. The third kappa shape index (κ3) is 2.50. The average Bonchev–Trinajstić information content (AvgIpc) is 3.18. The minimum Gasteiger partial charge on any atom is -0.345 e. The number of rotatable bonds is 3. The summed E-state index contributed by atoms with van der Waals surface area (Å²) < 4.78 is 0. The van der Waals surface area contributed by atoms with E-state index in [-0.39, 0.29) is 6.04 Å². The molecule has 1 aromatic carbocycles. The van der Waals surface area contributed by atoms with Crippen LogP contribution in [-0.2, 0) is 6.54 Å². The molecule has 2 aliphatic rings. The molecule has 1 aromatic heterocycles. The van der Waals surface area contributed by atoms with Crippen molar-refractivity contribution in [2.24, 2.45) is 10.7 Å². The number of aromatic nitrogens is 2. The Labute approximate surface area is 126 Å². The summed E-state index contributed by atoms with van der Waals surface area (Å²) in [7, 11) is 0. The van der Waals surface area contributed by atoms with Crippen LogP contribution in [0.2, 0.25) is 0 Å². The maximum atomic E-state index is 5.93. The van der Waals surface area contributed by atoms with Crippen molar-refractivity contribution >= 4 is 33.5 Å². The van der Waals surface area contributed by atoms with Crippen LogP contribution in [-0.4, -0.2) is 35.5 Å². The van der Waals surface area contributed by atoms with Crippen molar-refractivity contribution < 1.29 is 0 Å². The molecule has 3 N–H and O–H groups in total. The molecule has 0 spiro atoms. The number of hydrogen-bond acceptors (Lipinski definition) is 7. The highest BCUT2D eigenvalue weighted by molar-refractivity contribution is 7.19. The fourth-order valence-corrected chi connectivity index (χ4v) is 3.46. The van der Waals surface area contributed by atoms with Gasteiger partial charge in [0.05, 0.1) is 6.54 Å². The first-order valence-corrected chi connectivity index (χ1v) is 7.83. The van der Waals surface area contributed by atoms with Crippen LogP contribution in [0.4, 0.5) is 16.0 Å². The summed E-state index contributed by atoms with van der Waals surface area (Å²) in [6, 6.07) is 6.51. The maximum absolute atomic E-state index is 5.93. The number of fused-ring (bicyclic) bond motifs is 1. The number of nitrogens with zero attached hydrogens (tertiary/aromatic N) is 4. The monoisotopic (exact) mass is 300 g/mol. The SMILES string of the molecule is N[C@@H]1CCN(c2nnc(Nc3ccc4c(c3)C=NC4)s2)C1. The van der Waals surface area contributed by atoms with Gasteiger partial charge in [0.25, 0.3) is 0 Å². The van der Waals surface area contributed by atoms with Crippen LogP contribution in [0, 0.1) is 0 Å². The predicted molar refractivity (Wildman–Crippen MR) is 85.7 cm³/mol. The largest absolute Gasteiger partial charge is 0.345 e. The summed E-state index contributed by atoms with van der Waals surface area (Å²) in [6.45, 7) is 2.61. The van der Waals surface area contributed by atoms with Gasteiger partial charge in [-0.05, 0) is 29.7 Å². The standard InChI is InChI=1S/C14H16N6S/c15-11-3-4-20(8-11)14-19-18-13(21-14)17-12-2-1-9-6-16-7-10(9)5-12/h1-2,5,7,11H,3-4,6,8,15H2,(H,17,18)/t11-/m1/s1. The number of benzene rings is 1. The predicted octanol–water partition coefficient (Wildman–Crippen LogP) is 1.75. The van der Waals surface area contributed by atoms with Crippen molar-refractivity contribution in [2.75, 3.05) is 23.3 Å². The second kappa shape index (κ2) is 5.09. The van der Waals surface area contributed by atoms with E-state index in [9.17, 15) is 0 Å². The van der Waals surface area contributed by atoms with E-state index in [1.54, 1.807) is 11.3 Å². The quantitative estimate of drug-likeness (QED) is 0.903. The highest BCUT2D eigenvalue weighted by Gasteiger charge is 2.22. The van der Waals surface area contributed by atoms with Crippen molar-refractivity contribution in [2.45, 2.75) is 19.0 Å². The average molecular weight is 300 g/mol. The van der Waals surface area contributed by atoms with Gasteiger partial charge in [-0.25, -0.2) is 0 Å². The van der Waals surface area contributed by atoms with Crippen LogP contribution in [0.25, 0.3) is 0 Å². The summed E-state index contributed by atoms with van der Waals surface area (Å²) in [5.41, 5.74) is 9.39. The van der Waals surface area contributed by atoms with Gasteiger partial charge in [-0.2, -0.15) is 0 Å². The molecule has 7 heteroatoms. The molecule has 6 nitrogen and oxygen atoms in total. The van der Waals surface area contributed by atoms with E-state index >= 15 is 0 Å². The normalized spacial score (nSPS) is 20.0. The Hall–Kier alpha value is -1.99. The second-order valence-electron chi connectivity index (χ2n) is 5.39. The smallest absolute Gasteiger partial charge is 0.211 e. The first kappa shape index (κ1) is 12.7. The Morgan fingerprint density at radius 3 is 3.14 bits per heavy atom. The second-order valence-corrected chi connectivity index (χ2v) is 6.35. The topological polar surface area (TPSA) is 79.4 Å². The minimum atomic E-state index is 0.251. The van der Waals surface area contributed by atoms with E-state index in [4.69, 9.17) is 5.73 Å². The van der Waals surface area contributed by atoms with E-state index in [0.717, 1.165) is 42.0 Å². The number of nitrogens with two attached hydrogens (primary N) is 1. The molecule has 1 fully saturated rings. The van der Waals surface area contributed by atoms with Gasteiger partial charge in [-0.1, -0.05) is 17.4 Å². The molecule has 2 aromatic rings. The molecule has 2 aliphatic heterocycles. The van der Waals surface area contributed by atoms with Gasteiger partial charge in [0.15, 0.2) is 0 Å². The highest BCUT2D eigenvalue weighted by atomic mass is 32.1. The zero-order chi connectivity index (χ0) is 14.2. The lowest BCUT2D eigenvalue weighted by atomic mass is 10.1. The first-order chi connectivity index (χ1) is 10.3. The lowest BCUT2D eigenvalue weighted by Gasteiger charge is -2.12. The van der Waals surface area contributed by atoms with Gasteiger partial charge in [0, 0.05) is 31.0 Å². The summed E-state index contributed by atoms with van der Waals surface area (Å²) >= 11 is 1.56. The number of aliphatic imine (C=N–C) groups is 1. The lowest BCUT2D eigenvalue weighted by Crippen LogP contribution is -2.26. The Balaban J connectivity index is 1.50. The number of hydrogen-bond donors (Lipinski definition) is 2. The van der Waals surface area contributed by atoms with Crippen molar-refractivity contribution in [1.82, 2.24) is 10.2 Å². The molecule has 0 unspecified atom stereocenters. The molecule has 108 valence electrons. The molecular weight excluding hydrogens is 284 g/mol. The zero-order valence-corrected chi connectivity index (χ0v) is 12.3. The number of anilines is 3. The van der Waals surface area contributed by atoms with Gasteiger partial charge in [0.2, 0.25) is 10.3 Å². The van der Waals surface area contributed by atoms with Crippen molar-refractivity contribution in [3.8, 4) is 0 Å². The third-order valence-electron chi connectivity index (χ3n) is 3.80. The molecule has 0 bridgehead atoms. The van der Waals surface area contributed by atoms with E-state index < -0.39 is 0 Å². The highest BCUT2D eigenvalue weighted by Crippen LogP contribution is 2.29. The van der Waals surface area contributed by atoms with Crippen molar-refractivity contribution in [1.29, 1.82) is 0 Å². The van der Waals surface area contributed by atoms with Crippen molar-refractivity contribution in [3.63, 3.8) is 0 Å². The fraction of sp³-hybridized carbons (Fsp3) is 0.357. The van der Waals surface area contributed by atoms with Crippen LogP contribution < -0.4 is 16.0 Å². The zero-order valence-electron chi connectivity index (χ0n) is 11.5. The summed E-state index contributed by atoms with van der Waals surface area (Å²) in [5, 5.41) is 13.5. The maximum Gasteiger partial charge on any atom is 0.211 e. The van der Waals surface area contributed by atoms with Crippen LogP contribution >= 0.6 is 11.3 Å². The molecule has 0 aliphatic carbocycles. The summed E-state index contributed by atoms with van der Waals surface area (Å²) in [4.78, 5) is 6.46.